The highest BCUT2D eigenvalue weighted by molar-refractivity contribution is 6.29. The van der Waals surface area contributed by atoms with Gasteiger partial charge in [-0.15, -0.1) is 0 Å². The molecule has 0 aliphatic heterocycles. The van der Waals surface area contributed by atoms with E-state index in [0.29, 0.717) is 0 Å². The molecule has 0 spiro atoms. The Morgan fingerprint density at radius 3 is 2.71 bits per heavy atom. The fourth-order valence-corrected chi connectivity index (χ4v) is 1.07. The summed E-state index contributed by atoms with van der Waals surface area (Å²) in [5, 5.41) is 27.0. The largest absolute Gasteiger partial charge is 0.397 e. The Kier molecular flexibility index (Phi) is 3.25. The molecule has 0 aliphatic carbocycles. The van der Waals surface area contributed by atoms with Crippen molar-refractivity contribution in [2.45, 2.75) is 12.2 Å². The van der Waals surface area contributed by atoms with Crippen LogP contribution in [0.2, 0.25) is 5.15 Å². The van der Waals surface area contributed by atoms with E-state index in [-0.39, 0.29) is 16.5 Å². The molecule has 74 valence electrons. The van der Waals surface area contributed by atoms with Gasteiger partial charge >= 0.3 is 0 Å². The summed E-state index contributed by atoms with van der Waals surface area (Å²) in [4.78, 5) is 3.72. The third-order valence-electron chi connectivity index (χ3n) is 1.63. The van der Waals surface area contributed by atoms with Crippen molar-refractivity contribution in [3.8, 4) is 6.07 Å². The fraction of sp³-hybridized carbons (Fsp3) is 0.250. The van der Waals surface area contributed by atoms with Gasteiger partial charge in [-0.2, -0.15) is 5.26 Å². The number of nitrogen functional groups attached to an aromatic ring is 1. The third kappa shape index (κ3) is 2.12. The van der Waals surface area contributed by atoms with E-state index in [0.717, 1.165) is 0 Å². The maximum atomic E-state index is 9.42. The zero-order valence-electron chi connectivity index (χ0n) is 7.05. The predicted octanol–water partition coefficient (Wildman–Crippen LogP) is 0.235. The highest BCUT2D eigenvalue weighted by Crippen LogP contribution is 2.22. The van der Waals surface area contributed by atoms with E-state index in [1.165, 1.54) is 18.2 Å². The van der Waals surface area contributed by atoms with E-state index >= 15 is 0 Å². The van der Waals surface area contributed by atoms with Crippen LogP contribution in [0.1, 0.15) is 11.8 Å². The Labute approximate surface area is 85.4 Å². The van der Waals surface area contributed by atoms with Crippen molar-refractivity contribution in [3.63, 3.8) is 0 Å². The van der Waals surface area contributed by atoms with Crippen LogP contribution in [-0.4, -0.2) is 21.3 Å². The van der Waals surface area contributed by atoms with Crippen molar-refractivity contribution in [1.29, 1.82) is 5.26 Å². The molecule has 0 saturated heterocycles. The summed E-state index contributed by atoms with van der Waals surface area (Å²) in [5.41, 5.74) is 5.66. The van der Waals surface area contributed by atoms with Gasteiger partial charge in [0.15, 0.2) is 6.10 Å². The molecule has 5 nitrogen and oxygen atoms in total. The molecule has 0 bridgehead atoms. The molecule has 0 aliphatic rings. The summed E-state index contributed by atoms with van der Waals surface area (Å²) < 4.78 is 0. The van der Waals surface area contributed by atoms with Crippen LogP contribution < -0.4 is 5.73 Å². The summed E-state index contributed by atoms with van der Waals surface area (Å²) >= 11 is 5.57. The molecule has 2 atom stereocenters. The molecule has 0 radical (unpaired) electrons. The van der Waals surface area contributed by atoms with Gasteiger partial charge in [-0.1, -0.05) is 11.6 Å². The predicted molar refractivity (Wildman–Crippen MR) is 50.2 cm³/mol. The first-order chi connectivity index (χ1) is 6.56. The molecule has 0 aromatic carbocycles. The van der Waals surface area contributed by atoms with E-state index in [2.05, 4.69) is 4.98 Å². The molecular weight excluding hydrogens is 206 g/mol. The molecule has 1 heterocycles. The summed E-state index contributed by atoms with van der Waals surface area (Å²) in [6.45, 7) is 0. The standard InChI is InChI=1S/C8H8ClN3O2/c9-6-2-1-4(11)7(12-6)8(14)5(13)3-10/h1-2,5,8,13-14H,11H2. The van der Waals surface area contributed by atoms with Crippen LogP contribution in [0.15, 0.2) is 12.1 Å². The molecule has 1 rings (SSSR count). The number of nitriles is 1. The second-order valence-electron chi connectivity index (χ2n) is 2.63. The maximum Gasteiger partial charge on any atom is 0.172 e. The van der Waals surface area contributed by atoms with Gasteiger partial charge in [0.25, 0.3) is 0 Å². The maximum absolute atomic E-state index is 9.42. The summed E-state index contributed by atoms with van der Waals surface area (Å²) in [6, 6.07) is 4.37. The first-order valence-corrected chi connectivity index (χ1v) is 4.11. The Hall–Kier alpha value is -1.35. The van der Waals surface area contributed by atoms with Crippen molar-refractivity contribution in [2.24, 2.45) is 0 Å². The lowest BCUT2D eigenvalue weighted by Gasteiger charge is -2.13. The number of nitrogens with zero attached hydrogens (tertiary/aromatic N) is 2. The van der Waals surface area contributed by atoms with Crippen LogP contribution in [0.25, 0.3) is 0 Å². The molecule has 0 amide bonds. The van der Waals surface area contributed by atoms with E-state index in [1.807, 2.05) is 0 Å². The van der Waals surface area contributed by atoms with Gasteiger partial charge in [-0.05, 0) is 12.1 Å². The summed E-state index contributed by atoms with van der Waals surface area (Å²) in [5.74, 6) is 0. The number of nitrogens with two attached hydrogens (primary N) is 1. The smallest absolute Gasteiger partial charge is 0.172 e. The van der Waals surface area contributed by atoms with Gasteiger partial charge in [-0.3, -0.25) is 0 Å². The topological polar surface area (TPSA) is 103 Å². The minimum atomic E-state index is -1.57. The molecule has 14 heavy (non-hydrogen) atoms. The number of hydrogen-bond acceptors (Lipinski definition) is 5. The van der Waals surface area contributed by atoms with Crippen LogP contribution in [0, 0.1) is 11.3 Å². The number of aliphatic hydroxyl groups is 2. The Balaban J connectivity index is 3.07. The minimum Gasteiger partial charge on any atom is -0.397 e. The van der Waals surface area contributed by atoms with Gasteiger partial charge in [0.2, 0.25) is 0 Å². The number of anilines is 1. The lowest BCUT2D eigenvalue weighted by molar-refractivity contribution is 0.0504. The van der Waals surface area contributed by atoms with Crippen molar-refractivity contribution in [2.75, 3.05) is 5.73 Å². The van der Waals surface area contributed by atoms with Crippen molar-refractivity contribution in [3.05, 3.63) is 23.0 Å². The normalized spacial score (nSPS) is 14.4. The number of aromatic nitrogens is 1. The first kappa shape index (κ1) is 10.7. The van der Waals surface area contributed by atoms with Gasteiger partial charge < -0.3 is 15.9 Å². The lowest BCUT2D eigenvalue weighted by atomic mass is 10.1. The van der Waals surface area contributed by atoms with Crippen LogP contribution in [0.4, 0.5) is 5.69 Å². The van der Waals surface area contributed by atoms with Crippen molar-refractivity contribution in [1.82, 2.24) is 4.98 Å². The van der Waals surface area contributed by atoms with Gasteiger partial charge in [0.05, 0.1) is 17.5 Å². The fourth-order valence-electron chi connectivity index (χ4n) is 0.918. The zero-order valence-corrected chi connectivity index (χ0v) is 7.81. The number of pyridine rings is 1. The average Bonchev–Trinajstić information content (AvgIpc) is 2.19. The van der Waals surface area contributed by atoms with Gasteiger partial charge in [0.1, 0.15) is 11.3 Å². The first-order valence-electron chi connectivity index (χ1n) is 3.74. The molecule has 0 saturated carbocycles. The Morgan fingerprint density at radius 1 is 1.50 bits per heavy atom. The summed E-state index contributed by atoms with van der Waals surface area (Å²) in [6.07, 6.45) is -3.01. The van der Waals surface area contributed by atoms with Gasteiger partial charge in [-0.25, -0.2) is 4.98 Å². The van der Waals surface area contributed by atoms with Gasteiger partial charge in [0, 0.05) is 0 Å². The second kappa shape index (κ2) is 4.24. The number of aliphatic hydroxyl groups excluding tert-OH is 2. The molecule has 1 aromatic heterocycles. The van der Waals surface area contributed by atoms with E-state index in [9.17, 15) is 5.11 Å². The molecule has 4 N–H and O–H groups in total. The lowest BCUT2D eigenvalue weighted by Crippen LogP contribution is -2.18. The number of rotatable bonds is 2. The Bertz CT molecular complexity index is 377. The second-order valence-corrected chi connectivity index (χ2v) is 3.01. The van der Waals surface area contributed by atoms with E-state index in [4.69, 9.17) is 27.7 Å². The monoisotopic (exact) mass is 213 g/mol. The molecule has 6 heteroatoms. The molecule has 1 aromatic rings. The third-order valence-corrected chi connectivity index (χ3v) is 1.85. The molecule has 2 unspecified atom stereocenters. The van der Waals surface area contributed by atoms with Crippen LogP contribution in [0.3, 0.4) is 0 Å². The Morgan fingerprint density at radius 2 is 2.14 bits per heavy atom. The highest BCUT2D eigenvalue weighted by Gasteiger charge is 2.21. The van der Waals surface area contributed by atoms with Crippen LogP contribution in [0.5, 0.6) is 0 Å². The SMILES string of the molecule is N#CC(O)C(O)c1nc(Cl)ccc1N. The van der Waals surface area contributed by atoms with Crippen LogP contribution in [-0.2, 0) is 0 Å². The van der Waals surface area contributed by atoms with Crippen molar-refractivity contribution >= 4 is 17.3 Å². The zero-order chi connectivity index (χ0) is 10.7. The summed E-state index contributed by atoms with van der Waals surface area (Å²) in [7, 11) is 0. The van der Waals surface area contributed by atoms with Crippen molar-refractivity contribution < 1.29 is 10.2 Å². The van der Waals surface area contributed by atoms with E-state index < -0.39 is 12.2 Å². The van der Waals surface area contributed by atoms with E-state index in [1.54, 1.807) is 0 Å². The molecule has 0 fully saturated rings. The van der Waals surface area contributed by atoms with Crippen LogP contribution >= 0.6 is 11.6 Å². The highest BCUT2D eigenvalue weighted by atomic mass is 35.5. The quantitative estimate of drug-likeness (QED) is 0.482. The minimum absolute atomic E-state index is 0.00606. The molecular formula is C8H8ClN3O2. The number of halogens is 1. The average molecular weight is 214 g/mol. The number of hydrogen-bond donors (Lipinski definition) is 3.